The zero-order chi connectivity index (χ0) is 17.1. The van der Waals surface area contributed by atoms with Gasteiger partial charge in [-0.25, -0.2) is 4.39 Å². The lowest BCUT2D eigenvalue weighted by Crippen LogP contribution is -2.41. The van der Waals surface area contributed by atoms with Crippen LogP contribution in [0.25, 0.3) is 0 Å². The van der Waals surface area contributed by atoms with Crippen LogP contribution in [-0.4, -0.2) is 32.9 Å². The normalized spacial score (nSPS) is 17.0. The summed E-state index contributed by atoms with van der Waals surface area (Å²) in [4.78, 5) is 2.40. The van der Waals surface area contributed by atoms with Crippen molar-refractivity contribution in [3.63, 3.8) is 0 Å². The summed E-state index contributed by atoms with van der Waals surface area (Å²) in [7, 11) is -1.74. The standard InChI is InChI=1S/C19H32FNOSi/c1-19(2,3)23(4,5)22-13-10-17-9-8-16(14-18(17)20)15-21-11-6-7-12-21/h8-9,14H,6-7,10-13,15H2,1-5H3. The second-order valence-electron chi connectivity index (χ2n) is 8.27. The van der Waals surface area contributed by atoms with Crippen LogP contribution in [0.15, 0.2) is 18.2 Å². The summed E-state index contributed by atoms with van der Waals surface area (Å²) in [6.45, 7) is 14.9. The molecule has 130 valence electrons. The van der Waals surface area contributed by atoms with Gasteiger partial charge in [0, 0.05) is 13.2 Å². The first-order valence-electron chi connectivity index (χ1n) is 8.83. The molecule has 0 atom stereocenters. The molecule has 1 aromatic carbocycles. The Morgan fingerprint density at radius 1 is 1.17 bits per heavy atom. The molecule has 1 aliphatic rings. The van der Waals surface area contributed by atoms with Gasteiger partial charge in [0.2, 0.25) is 0 Å². The molecule has 0 unspecified atom stereocenters. The van der Waals surface area contributed by atoms with Crippen LogP contribution < -0.4 is 0 Å². The van der Waals surface area contributed by atoms with Crippen LogP contribution in [0, 0.1) is 5.82 Å². The molecule has 0 saturated carbocycles. The Morgan fingerprint density at radius 3 is 2.39 bits per heavy atom. The first-order valence-corrected chi connectivity index (χ1v) is 11.7. The maximum Gasteiger partial charge on any atom is 0.191 e. The number of halogens is 1. The van der Waals surface area contributed by atoms with Gasteiger partial charge in [-0.05, 0) is 67.7 Å². The summed E-state index contributed by atoms with van der Waals surface area (Å²) in [5.74, 6) is -0.0828. The molecule has 0 spiro atoms. The molecule has 1 aromatic rings. The SMILES string of the molecule is CC(C)(C)[Si](C)(C)OCCc1ccc(CN2CCCC2)cc1F. The lowest BCUT2D eigenvalue weighted by Gasteiger charge is -2.36. The van der Waals surface area contributed by atoms with Gasteiger partial charge in [0.15, 0.2) is 8.32 Å². The fourth-order valence-corrected chi connectivity index (χ4v) is 3.77. The van der Waals surface area contributed by atoms with Crippen molar-refractivity contribution in [3.05, 3.63) is 35.1 Å². The Hall–Kier alpha value is -0.713. The lowest BCUT2D eigenvalue weighted by molar-refractivity contribution is 0.290. The highest BCUT2D eigenvalue weighted by molar-refractivity contribution is 6.74. The molecule has 1 aliphatic heterocycles. The van der Waals surface area contributed by atoms with Crippen molar-refractivity contribution in [1.29, 1.82) is 0 Å². The first kappa shape index (κ1) is 18.6. The highest BCUT2D eigenvalue weighted by atomic mass is 28.4. The molecule has 4 heteroatoms. The predicted molar refractivity (Wildman–Crippen MR) is 97.8 cm³/mol. The summed E-state index contributed by atoms with van der Waals surface area (Å²) >= 11 is 0. The van der Waals surface area contributed by atoms with E-state index in [0.29, 0.717) is 13.0 Å². The van der Waals surface area contributed by atoms with Crippen molar-refractivity contribution < 1.29 is 8.82 Å². The minimum atomic E-state index is -1.74. The van der Waals surface area contributed by atoms with E-state index >= 15 is 0 Å². The van der Waals surface area contributed by atoms with Gasteiger partial charge in [-0.15, -0.1) is 0 Å². The average molecular weight is 338 g/mol. The lowest BCUT2D eigenvalue weighted by atomic mass is 10.1. The van der Waals surface area contributed by atoms with Crippen LogP contribution in [0.3, 0.4) is 0 Å². The summed E-state index contributed by atoms with van der Waals surface area (Å²) in [6, 6.07) is 5.72. The van der Waals surface area contributed by atoms with E-state index in [4.69, 9.17) is 4.43 Å². The van der Waals surface area contributed by atoms with Crippen LogP contribution in [-0.2, 0) is 17.4 Å². The van der Waals surface area contributed by atoms with Crippen molar-refractivity contribution in [2.75, 3.05) is 19.7 Å². The van der Waals surface area contributed by atoms with Crippen LogP contribution in [0.2, 0.25) is 18.1 Å². The van der Waals surface area contributed by atoms with E-state index in [9.17, 15) is 4.39 Å². The summed E-state index contributed by atoms with van der Waals surface area (Å²) in [5.41, 5.74) is 1.85. The third-order valence-electron chi connectivity index (χ3n) is 5.36. The minimum absolute atomic E-state index is 0.0828. The number of likely N-dealkylation sites (tertiary alicyclic amines) is 1. The highest BCUT2D eigenvalue weighted by Crippen LogP contribution is 2.36. The predicted octanol–water partition coefficient (Wildman–Crippen LogP) is 4.99. The Bertz CT molecular complexity index is 519. The molecule has 2 nitrogen and oxygen atoms in total. The minimum Gasteiger partial charge on any atom is -0.416 e. The average Bonchev–Trinajstić information content (AvgIpc) is 2.92. The van der Waals surface area contributed by atoms with Gasteiger partial charge in [-0.1, -0.05) is 32.9 Å². The molecule has 2 rings (SSSR count). The fraction of sp³-hybridized carbons (Fsp3) is 0.684. The maximum absolute atomic E-state index is 14.3. The number of hydrogen-bond donors (Lipinski definition) is 0. The van der Waals surface area contributed by atoms with Crippen molar-refractivity contribution in [2.45, 2.75) is 64.7 Å². The third-order valence-corrected chi connectivity index (χ3v) is 9.90. The summed E-state index contributed by atoms with van der Waals surface area (Å²) in [5, 5.41) is 0.200. The van der Waals surface area contributed by atoms with Crippen LogP contribution in [0.4, 0.5) is 4.39 Å². The number of rotatable bonds is 6. The molecule has 1 saturated heterocycles. The van der Waals surface area contributed by atoms with E-state index < -0.39 is 8.32 Å². The van der Waals surface area contributed by atoms with Gasteiger partial charge in [0.1, 0.15) is 5.82 Å². The molecule has 0 bridgehead atoms. The monoisotopic (exact) mass is 337 g/mol. The molecule has 1 heterocycles. The second kappa shape index (κ2) is 7.45. The van der Waals surface area contributed by atoms with E-state index in [2.05, 4.69) is 44.8 Å². The molecular formula is C19H32FNOSi. The first-order chi connectivity index (χ1) is 10.7. The van der Waals surface area contributed by atoms with Crippen molar-refractivity contribution in [2.24, 2.45) is 0 Å². The number of hydrogen-bond acceptors (Lipinski definition) is 2. The van der Waals surface area contributed by atoms with Gasteiger partial charge in [-0.2, -0.15) is 0 Å². The topological polar surface area (TPSA) is 12.5 Å². The Morgan fingerprint density at radius 2 is 1.83 bits per heavy atom. The van der Waals surface area contributed by atoms with Gasteiger partial charge >= 0.3 is 0 Å². The van der Waals surface area contributed by atoms with Gasteiger partial charge in [-0.3, -0.25) is 4.90 Å². The number of nitrogens with zero attached hydrogens (tertiary/aromatic N) is 1. The molecular weight excluding hydrogens is 305 g/mol. The fourth-order valence-electron chi connectivity index (χ4n) is 2.72. The molecule has 0 N–H and O–H groups in total. The quantitative estimate of drug-likeness (QED) is 0.678. The zero-order valence-electron chi connectivity index (χ0n) is 15.4. The Balaban J connectivity index is 1.88. The van der Waals surface area contributed by atoms with Crippen molar-refractivity contribution in [3.8, 4) is 0 Å². The van der Waals surface area contributed by atoms with E-state index in [1.807, 2.05) is 6.07 Å². The van der Waals surface area contributed by atoms with Gasteiger partial charge in [0.25, 0.3) is 0 Å². The van der Waals surface area contributed by atoms with E-state index in [0.717, 1.165) is 30.8 Å². The molecule has 0 aromatic heterocycles. The van der Waals surface area contributed by atoms with Gasteiger partial charge < -0.3 is 4.43 Å². The molecule has 23 heavy (non-hydrogen) atoms. The van der Waals surface area contributed by atoms with Crippen molar-refractivity contribution >= 4 is 8.32 Å². The highest BCUT2D eigenvalue weighted by Gasteiger charge is 2.36. The van der Waals surface area contributed by atoms with E-state index in [1.54, 1.807) is 6.07 Å². The third kappa shape index (κ3) is 5.13. The van der Waals surface area contributed by atoms with E-state index in [1.165, 1.54) is 12.8 Å². The van der Waals surface area contributed by atoms with Gasteiger partial charge in [0.05, 0.1) is 0 Å². The van der Waals surface area contributed by atoms with Crippen LogP contribution in [0.5, 0.6) is 0 Å². The van der Waals surface area contributed by atoms with Crippen LogP contribution >= 0.6 is 0 Å². The van der Waals surface area contributed by atoms with Crippen molar-refractivity contribution in [1.82, 2.24) is 4.90 Å². The molecule has 0 amide bonds. The molecule has 1 fully saturated rings. The maximum atomic E-state index is 14.3. The number of benzene rings is 1. The smallest absolute Gasteiger partial charge is 0.191 e. The molecule has 0 aliphatic carbocycles. The zero-order valence-corrected chi connectivity index (χ0v) is 16.4. The van der Waals surface area contributed by atoms with E-state index in [-0.39, 0.29) is 10.9 Å². The summed E-state index contributed by atoms with van der Waals surface area (Å²) in [6.07, 6.45) is 3.19. The Kier molecular flexibility index (Phi) is 6.03. The van der Waals surface area contributed by atoms with Crippen LogP contribution in [0.1, 0.15) is 44.7 Å². The summed E-state index contributed by atoms with van der Waals surface area (Å²) < 4.78 is 20.5. The molecule has 0 radical (unpaired) electrons. The largest absolute Gasteiger partial charge is 0.416 e. The Labute approximate surface area is 142 Å². The second-order valence-corrected chi connectivity index (χ2v) is 13.1.